The fourth-order valence-electron chi connectivity index (χ4n) is 2.09. The molecular formula is C14H20N2O2S. The summed E-state index contributed by atoms with van der Waals surface area (Å²) in [4.78, 5) is 11.8. The predicted octanol–water partition coefficient (Wildman–Crippen LogP) is 0.890. The highest BCUT2D eigenvalue weighted by Crippen LogP contribution is 2.10. The third kappa shape index (κ3) is 4.86. The van der Waals surface area contributed by atoms with E-state index in [4.69, 9.17) is 5.11 Å². The first-order valence-electron chi connectivity index (χ1n) is 6.54. The van der Waals surface area contributed by atoms with Gasteiger partial charge in [-0.25, -0.2) is 0 Å². The second-order valence-corrected chi connectivity index (χ2v) is 5.83. The summed E-state index contributed by atoms with van der Waals surface area (Å²) in [5.74, 6) is 2.22. The number of thioether (sulfide) groups is 1. The summed E-state index contributed by atoms with van der Waals surface area (Å²) in [6, 6.07) is 7.92. The van der Waals surface area contributed by atoms with Crippen LogP contribution in [0.15, 0.2) is 24.3 Å². The number of benzene rings is 1. The van der Waals surface area contributed by atoms with Crippen LogP contribution in [0.3, 0.4) is 0 Å². The molecule has 1 amide bonds. The quantitative estimate of drug-likeness (QED) is 0.750. The maximum atomic E-state index is 11.8. The van der Waals surface area contributed by atoms with E-state index < -0.39 is 0 Å². The van der Waals surface area contributed by atoms with Gasteiger partial charge in [-0.3, -0.25) is 4.79 Å². The van der Waals surface area contributed by atoms with Gasteiger partial charge in [0.25, 0.3) is 0 Å². The summed E-state index contributed by atoms with van der Waals surface area (Å²) in [5.41, 5.74) is 1.89. The first-order chi connectivity index (χ1) is 9.28. The van der Waals surface area contributed by atoms with Gasteiger partial charge in [0, 0.05) is 37.1 Å². The first kappa shape index (κ1) is 14.4. The van der Waals surface area contributed by atoms with Gasteiger partial charge in [-0.2, -0.15) is 11.8 Å². The Labute approximate surface area is 118 Å². The second kappa shape index (κ2) is 7.53. The summed E-state index contributed by atoms with van der Waals surface area (Å²) in [6.45, 7) is 1.54. The van der Waals surface area contributed by atoms with Gasteiger partial charge in [0.2, 0.25) is 5.91 Å². The Bertz CT molecular complexity index is 420. The average Bonchev–Trinajstić information content (AvgIpc) is 2.46. The number of nitrogens with one attached hydrogen (secondary N) is 2. The molecule has 1 atom stereocenters. The van der Waals surface area contributed by atoms with Crippen molar-refractivity contribution in [2.24, 2.45) is 0 Å². The summed E-state index contributed by atoms with van der Waals surface area (Å²) in [5, 5.41) is 15.3. The lowest BCUT2D eigenvalue weighted by Gasteiger charge is -2.22. The molecule has 1 unspecified atom stereocenters. The molecule has 1 aromatic rings. The number of hydrogen-bond donors (Lipinski definition) is 3. The number of amides is 1. The highest BCUT2D eigenvalue weighted by Gasteiger charge is 2.16. The molecule has 1 saturated heterocycles. The Morgan fingerprint density at radius 3 is 3.05 bits per heavy atom. The van der Waals surface area contributed by atoms with Crippen molar-refractivity contribution < 1.29 is 9.90 Å². The minimum absolute atomic E-state index is 0.0327. The van der Waals surface area contributed by atoms with Gasteiger partial charge < -0.3 is 15.7 Å². The van der Waals surface area contributed by atoms with E-state index in [1.54, 1.807) is 0 Å². The van der Waals surface area contributed by atoms with Crippen LogP contribution in [0.2, 0.25) is 0 Å². The van der Waals surface area contributed by atoms with Crippen molar-refractivity contribution in [3.63, 3.8) is 0 Å². The van der Waals surface area contributed by atoms with Crippen LogP contribution in [0, 0.1) is 0 Å². The molecule has 19 heavy (non-hydrogen) atoms. The molecule has 0 radical (unpaired) electrons. The van der Waals surface area contributed by atoms with Gasteiger partial charge >= 0.3 is 0 Å². The zero-order chi connectivity index (χ0) is 13.5. The monoisotopic (exact) mass is 280 g/mol. The van der Waals surface area contributed by atoms with E-state index in [2.05, 4.69) is 10.6 Å². The topological polar surface area (TPSA) is 61.4 Å². The van der Waals surface area contributed by atoms with Crippen LogP contribution in [-0.2, 0) is 17.9 Å². The highest BCUT2D eigenvalue weighted by molar-refractivity contribution is 7.99. The molecule has 1 aliphatic rings. The fourth-order valence-corrected chi connectivity index (χ4v) is 3.03. The van der Waals surface area contributed by atoms with Crippen LogP contribution < -0.4 is 10.6 Å². The molecule has 1 heterocycles. The van der Waals surface area contributed by atoms with Gasteiger partial charge in [0.15, 0.2) is 0 Å². The van der Waals surface area contributed by atoms with E-state index in [1.807, 2.05) is 36.0 Å². The standard InChI is InChI=1S/C14H20N2O2S/c17-9-12-3-1-2-11(6-12)8-16-14(18)7-13-10-19-5-4-15-13/h1-3,6,13,15,17H,4-5,7-10H2,(H,16,18). The molecule has 0 saturated carbocycles. The summed E-state index contributed by atoms with van der Waals surface area (Å²) in [7, 11) is 0. The van der Waals surface area contributed by atoms with Crippen molar-refractivity contribution in [2.45, 2.75) is 25.6 Å². The Balaban J connectivity index is 1.76. The maximum absolute atomic E-state index is 11.8. The van der Waals surface area contributed by atoms with Crippen molar-refractivity contribution in [1.29, 1.82) is 0 Å². The lowest BCUT2D eigenvalue weighted by Crippen LogP contribution is -2.41. The van der Waals surface area contributed by atoms with E-state index in [0.29, 0.717) is 19.0 Å². The van der Waals surface area contributed by atoms with E-state index in [9.17, 15) is 4.79 Å². The minimum atomic E-state index is 0.0327. The summed E-state index contributed by atoms with van der Waals surface area (Å²) >= 11 is 1.89. The maximum Gasteiger partial charge on any atom is 0.221 e. The first-order valence-corrected chi connectivity index (χ1v) is 7.70. The van der Waals surface area contributed by atoms with Gasteiger partial charge in [0.05, 0.1) is 6.61 Å². The van der Waals surface area contributed by atoms with Crippen molar-refractivity contribution in [2.75, 3.05) is 18.1 Å². The van der Waals surface area contributed by atoms with Crippen LogP contribution in [0.1, 0.15) is 17.5 Å². The fraction of sp³-hybridized carbons (Fsp3) is 0.500. The largest absolute Gasteiger partial charge is 0.392 e. The minimum Gasteiger partial charge on any atom is -0.392 e. The lowest BCUT2D eigenvalue weighted by atomic mass is 10.1. The van der Waals surface area contributed by atoms with Crippen LogP contribution in [0.4, 0.5) is 0 Å². The summed E-state index contributed by atoms with van der Waals surface area (Å²) < 4.78 is 0. The Kier molecular flexibility index (Phi) is 5.69. The normalized spacial score (nSPS) is 19.1. The van der Waals surface area contributed by atoms with Gasteiger partial charge in [0.1, 0.15) is 0 Å². The molecule has 0 aliphatic carbocycles. The SMILES string of the molecule is O=C(CC1CSCCN1)NCc1cccc(CO)c1. The van der Waals surface area contributed by atoms with E-state index in [-0.39, 0.29) is 12.5 Å². The van der Waals surface area contributed by atoms with Crippen molar-refractivity contribution >= 4 is 17.7 Å². The molecule has 104 valence electrons. The number of aliphatic hydroxyl groups is 1. The second-order valence-electron chi connectivity index (χ2n) is 4.68. The van der Waals surface area contributed by atoms with Gasteiger partial charge in [-0.1, -0.05) is 24.3 Å². The molecule has 0 spiro atoms. The Morgan fingerprint density at radius 1 is 1.47 bits per heavy atom. The molecule has 1 aliphatic heterocycles. The number of carbonyl (C=O) groups is 1. The predicted molar refractivity (Wildman–Crippen MR) is 77.9 cm³/mol. The van der Waals surface area contributed by atoms with E-state index >= 15 is 0 Å². The number of carbonyl (C=O) groups excluding carboxylic acids is 1. The van der Waals surface area contributed by atoms with Crippen LogP contribution in [0.25, 0.3) is 0 Å². The van der Waals surface area contributed by atoms with Gasteiger partial charge in [-0.15, -0.1) is 0 Å². The van der Waals surface area contributed by atoms with Crippen LogP contribution in [0.5, 0.6) is 0 Å². The number of hydrogen-bond acceptors (Lipinski definition) is 4. The van der Waals surface area contributed by atoms with E-state index in [1.165, 1.54) is 0 Å². The van der Waals surface area contributed by atoms with Gasteiger partial charge in [-0.05, 0) is 11.1 Å². The lowest BCUT2D eigenvalue weighted by molar-refractivity contribution is -0.121. The Hall–Kier alpha value is -1.04. The smallest absolute Gasteiger partial charge is 0.221 e. The molecule has 3 N–H and O–H groups in total. The number of aliphatic hydroxyl groups excluding tert-OH is 1. The zero-order valence-corrected chi connectivity index (χ0v) is 11.7. The molecule has 2 rings (SSSR count). The zero-order valence-electron chi connectivity index (χ0n) is 10.9. The molecule has 1 aromatic carbocycles. The van der Waals surface area contributed by atoms with Crippen molar-refractivity contribution in [3.05, 3.63) is 35.4 Å². The molecule has 1 fully saturated rings. The third-order valence-corrected chi connectivity index (χ3v) is 4.22. The van der Waals surface area contributed by atoms with E-state index in [0.717, 1.165) is 29.2 Å². The average molecular weight is 280 g/mol. The molecule has 4 nitrogen and oxygen atoms in total. The Morgan fingerprint density at radius 2 is 2.32 bits per heavy atom. The van der Waals surface area contributed by atoms with Crippen LogP contribution >= 0.6 is 11.8 Å². The molecule has 0 aromatic heterocycles. The molecule has 5 heteroatoms. The van der Waals surface area contributed by atoms with Crippen molar-refractivity contribution in [3.8, 4) is 0 Å². The highest BCUT2D eigenvalue weighted by atomic mass is 32.2. The third-order valence-electron chi connectivity index (χ3n) is 3.09. The van der Waals surface area contributed by atoms with Crippen LogP contribution in [-0.4, -0.2) is 35.1 Å². The number of rotatable bonds is 5. The molecule has 0 bridgehead atoms. The summed E-state index contributed by atoms with van der Waals surface area (Å²) in [6.07, 6.45) is 0.534. The molecular weight excluding hydrogens is 260 g/mol. The van der Waals surface area contributed by atoms with Crippen molar-refractivity contribution in [1.82, 2.24) is 10.6 Å².